The van der Waals surface area contributed by atoms with Crippen molar-refractivity contribution in [1.29, 1.82) is 0 Å². The highest BCUT2D eigenvalue weighted by atomic mass is 16.1. The number of carbonyl (C=O) groups is 1. The van der Waals surface area contributed by atoms with Gasteiger partial charge in [0, 0.05) is 23.7 Å². The minimum absolute atomic E-state index is 0.0146. The Morgan fingerprint density at radius 3 is 2.28 bits per heavy atom. The number of amides is 1. The summed E-state index contributed by atoms with van der Waals surface area (Å²) in [7, 11) is 0. The minimum atomic E-state index is -0.0146. The third-order valence-corrected chi connectivity index (χ3v) is 4.24. The van der Waals surface area contributed by atoms with E-state index in [1.54, 1.807) is 0 Å². The topological polar surface area (TPSA) is 33.0 Å². The first kappa shape index (κ1) is 16.9. The average Bonchev–Trinajstić information content (AvgIpc) is 2.59. The molecule has 1 N–H and O–H groups in total. The number of pyridine rings is 1. The highest BCUT2D eigenvalue weighted by Gasteiger charge is 2.13. The molecule has 25 heavy (non-hydrogen) atoms. The van der Waals surface area contributed by atoms with Gasteiger partial charge in [-0.1, -0.05) is 48.5 Å². The van der Waals surface area contributed by atoms with Crippen molar-refractivity contribution in [2.45, 2.75) is 26.8 Å². The van der Waals surface area contributed by atoms with Crippen molar-refractivity contribution in [1.82, 2.24) is 0 Å². The second-order valence-corrected chi connectivity index (χ2v) is 6.36. The van der Waals surface area contributed by atoms with Gasteiger partial charge in [-0.15, -0.1) is 0 Å². The summed E-state index contributed by atoms with van der Waals surface area (Å²) >= 11 is 0. The fourth-order valence-electron chi connectivity index (χ4n) is 2.97. The number of carbonyl (C=O) groups excluding carboxylic acids is 1. The lowest BCUT2D eigenvalue weighted by Gasteiger charge is -2.10. The maximum absolute atomic E-state index is 12.4. The highest BCUT2D eigenvalue weighted by molar-refractivity contribution is 5.91. The molecule has 3 rings (SSSR count). The summed E-state index contributed by atoms with van der Waals surface area (Å²) in [5.41, 5.74) is 5.52. The molecule has 0 radical (unpaired) electrons. The summed E-state index contributed by atoms with van der Waals surface area (Å²) < 4.78 is 1.93. The molecule has 3 nitrogen and oxygen atoms in total. The zero-order valence-corrected chi connectivity index (χ0v) is 14.7. The van der Waals surface area contributed by atoms with E-state index in [4.69, 9.17) is 0 Å². The van der Waals surface area contributed by atoms with Gasteiger partial charge in [-0.2, -0.15) is 4.57 Å². The first-order valence-corrected chi connectivity index (χ1v) is 8.50. The maximum Gasteiger partial charge on any atom is 0.290 e. The summed E-state index contributed by atoms with van der Waals surface area (Å²) in [4.78, 5) is 12.4. The number of hydrogen-bond donors (Lipinski definition) is 1. The van der Waals surface area contributed by atoms with Crippen LogP contribution in [0.2, 0.25) is 0 Å². The molecule has 1 heterocycles. The molecule has 126 valence electrons. The smallest absolute Gasteiger partial charge is 0.290 e. The molecule has 0 bridgehead atoms. The summed E-state index contributed by atoms with van der Waals surface area (Å²) in [6.45, 7) is 4.32. The van der Waals surface area contributed by atoms with Gasteiger partial charge in [0.05, 0.1) is 0 Å². The van der Waals surface area contributed by atoms with E-state index in [0.717, 1.165) is 23.2 Å². The molecule has 3 heteroatoms. The third-order valence-electron chi connectivity index (χ3n) is 4.24. The number of benzene rings is 2. The van der Waals surface area contributed by atoms with Crippen molar-refractivity contribution >= 4 is 11.6 Å². The lowest BCUT2D eigenvalue weighted by Crippen LogP contribution is -2.40. The number of rotatable bonds is 5. The van der Waals surface area contributed by atoms with Crippen LogP contribution < -0.4 is 9.88 Å². The van der Waals surface area contributed by atoms with Crippen LogP contribution in [0.15, 0.2) is 73.1 Å². The first-order chi connectivity index (χ1) is 12.1. The lowest BCUT2D eigenvalue weighted by atomic mass is 10.1. The molecular formula is C22H23N2O+. The standard InChI is InChI=1S/C22H22N2O/c1-17-8-6-9-18(2)22(17)23-21(25)16-24-13-7-12-20(15-24)14-19-10-4-3-5-11-19/h3-13,15H,14,16H2,1-2H3/p+1. The maximum atomic E-state index is 12.4. The van der Waals surface area contributed by atoms with Gasteiger partial charge in [0.2, 0.25) is 6.54 Å². The van der Waals surface area contributed by atoms with E-state index in [1.807, 2.05) is 73.3 Å². The summed E-state index contributed by atoms with van der Waals surface area (Å²) in [5.74, 6) is -0.0146. The Bertz CT molecular complexity index is 852. The molecule has 0 saturated heterocycles. The number of para-hydroxylation sites is 1. The molecule has 0 aliphatic carbocycles. The Balaban J connectivity index is 1.68. The average molecular weight is 331 g/mol. The van der Waals surface area contributed by atoms with E-state index in [1.165, 1.54) is 11.1 Å². The molecule has 0 aliphatic rings. The van der Waals surface area contributed by atoms with E-state index in [-0.39, 0.29) is 5.91 Å². The van der Waals surface area contributed by atoms with Crippen molar-refractivity contribution in [2.24, 2.45) is 0 Å². The summed E-state index contributed by atoms with van der Waals surface area (Å²) in [6, 6.07) is 20.4. The Labute approximate surface area is 149 Å². The summed E-state index contributed by atoms with van der Waals surface area (Å²) in [5, 5.41) is 3.04. The molecule has 0 spiro atoms. The molecule has 0 aliphatic heterocycles. The van der Waals surface area contributed by atoms with E-state index >= 15 is 0 Å². The van der Waals surface area contributed by atoms with Crippen LogP contribution in [-0.2, 0) is 17.8 Å². The second-order valence-electron chi connectivity index (χ2n) is 6.36. The molecule has 0 atom stereocenters. The highest BCUT2D eigenvalue weighted by Crippen LogP contribution is 2.19. The summed E-state index contributed by atoms with van der Waals surface area (Å²) in [6.07, 6.45) is 4.83. The van der Waals surface area contributed by atoms with E-state index in [9.17, 15) is 4.79 Å². The van der Waals surface area contributed by atoms with Gasteiger partial charge in [0.1, 0.15) is 0 Å². The van der Waals surface area contributed by atoms with Crippen LogP contribution in [0.1, 0.15) is 22.3 Å². The fraction of sp³-hybridized carbons (Fsp3) is 0.182. The second kappa shape index (κ2) is 7.75. The van der Waals surface area contributed by atoms with Crippen molar-refractivity contribution < 1.29 is 9.36 Å². The number of hydrogen-bond acceptors (Lipinski definition) is 1. The monoisotopic (exact) mass is 331 g/mol. The van der Waals surface area contributed by atoms with Crippen LogP contribution in [0.25, 0.3) is 0 Å². The van der Waals surface area contributed by atoms with Crippen LogP contribution in [0, 0.1) is 13.8 Å². The number of anilines is 1. The Morgan fingerprint density at radius 2 is 1.56 bits per heavy atom. The number of aryl methyl sites for hydroxylation is 2. The van der Waals surface area contributed by atoms with Gasteiger partial charge in [0.15, 0.2) is 12.4 Å². The van der Waals surface area contributed by atoms with Crippen molar-refractivity contribution in [3.05, 3.63) is 95.3 Å². The van der Waals surface area contributed by atoms with Crippen LogP contribution in [0.5, 0.6) is 0 Å². The Morgan fingerprint density at radius 1 is 0.880 bits per heavy atom. The van der Waals surface area contributed by atoms with E-state index < -0.39 is 0 Å². The van der Waals surface area contributed by atoms with Gasteiger partial charge < -0.3 is 5.32 Å². The van der Waals surface area contributed by atoms with Gasteiger partial charge in [0.25, 0.3) is 5.91 Å². The van der Waals surface area contributed by atoms with Gasteiger partial charge >= 0.3 is 0 Å². The van der Waals surface area contributed by atoms with Crippen molar-refractivity contribution in [3.63, 3.8) is 0 Å². The predicted octanol–water partition coefficient (Wildman–Crippen LogP) is 3.82. The molecular weight excluding hydrogens is 308 g/mol. The van der Waals surface area contributed by atoms with Crippen molar-refractivity contribution in [3.8, 4) is 0 Å². The first-order valence-electron chi connectivity index (χ1n) is 8.50. The number of nitrogens with zero attached hydrogens (tertiary/aromatic N) is 1. The van der Waals surface area contributed by atoms with Gasteiger partial charge in [-0.05, 0) is 36.6 Å². The predicted molar refractivity (Wildman–Crippen MR) is 100 cm³/mol. The number of aromatic nitrogens is 1. The molecule has 0 saturated carbocycles. The third kappa shape index (κ3) is 4.54. The quantitative estimate of drug-likeness (QED) is 0.708. The largest absolute Gasteiger partial charge is 0.320 e. The Kier molecular flexibility index (Phi) is 5.24. The van der Waals surface area contributed by atoms with Gasteiger partial charge in [-0.3, -0.25) is 4.79 Å². The molecule has 3 aromatic rings. The van der Waals surface area contributed by atoms with Crippen molar-refractivity contribution in [2.75, 3.05) is 5.32 Å². The lowest BCUT2D eigenvalue weighted by molar-refractivity contribution is -0.684. The van der Waals surface area contributed by atoms with Crippen LogP contribution in [0.4, 0.5) is 5.69 Å². The number of nitrogens with one attached hydrogen (secondary N) is 1. The SMILES string of the molecule is Cc1cccc(C)c1NC(=O)C[n+]1cccc(Cc2ccccc2)c1. The van der Waals surface area contributed by atoms with E-state index in [2.05, 4.69) is 23.5 Å². The molecule has 2 aromatic carbocycles. The molecule has 0 fully saturated rings. The molecule has 1 amide bonds. The normalized spacial score (nSPS) is 10.5. The fourth-order valence-corrected chi connectivity index (χ4v) is 2.97. The zero-order chi connectivity index (χ0) is 17.6. The molecule has 0 unspecified atom stereocenters. The van der Waals surface area contributed by atoms with Crippen LogP contribution >= 0.6 is 0 Å². The Hall–Kier alpha value is -2.94. The van der Waals surface area contributed by atoms with Crippen LogP contribution in [0.3, 0.4) is 0 Å². The van der Waals surface area contributed by atoms with Crippen LogP contribution in [-0.4, -0.2) is 5.91 Å². The molecule has 1 aromatic heterocycles. The minimum Gasteiger partial charge on any atom is -0.320 e. The van der Waals surface area contributed by atoms with E-state index in [0.29, 0.717) is 6.54 Å². The van der Waals surface area contributed by atoms with Gasteiger partial charge in [-0.25, -0.2) is 0 Å². The zero-order valence-electron chi connectivity index (χ0n) is 14.7.